The molecule has 0 aliphatic rings. The van der Waals surface area contributed by atoms with Crippen molar-refractivity contribution in [1.82, 2.24) is 0 Å². The van der Waals surface area contributed by atoms with Crippen molar-refractivity contribution in [3.63, 3.8) is 0 Å². The Bertz CT molecular complexity index is 505. The van der Waals surface area contributed by atoms with Crippen LogP contribution in [-0.4, -0.2) is 17.2 Å². The highest BCUT2D eigenvalue weighted by Gasteiger charge is 2.09. The van der Waals surface area contributed by atoms with Gasteiger partial charge in [-0.15, -0.1) is 0 Å². The van der Waals surface area contributed by atoms with Crippen molar-refractivity contribution in [2.24, 2.45) is 0 Å². The molecule has 5 heteroatoms. The average molecular weight is 310 g/mol. The number of hydrogen-bond donors (Lipinski definition) is 1. The van der Waals surface area contributed by atoms with E-state index in [1.165, 1.54) is 6.08 Å². The second-order valence-corrected chi connectivity index (χ2v) is 4.36. The summed E-state index contributed by atoms with van der Waals surface area (Å²) in [6.45, 7) is 1.87. The number of hydrogen-bond acceptors (Lipinski definition) is 3. The third-order valence-corrected chi connectivity index (χ3v) is 2.78. The monoisotopic (exact) mass is 309 g/mol. The van der Waals surface area contributed by atoms with Gasteiger partial charge in [-0.3, -0.25) is 0 Å². The van der Waals surface area contributed by atoms with Crippen LogP contribution in [-0.2, 0) is 4.79 Å². The third kappa shape index (κ3) is 4.22. The van der Waals surface area contributed by atoms with Crippen LogP contribution in [0.1, 0.15) is 18.9 Å². The second-order valence-electron chi connectivity index (χ2n) is 3.51. The number of aliphatic carboxylic acids is 1. The van der Waals surface area contributed by atoms with Gasteiger partial charge in [0, 0.05) is 6.08 Å². The molecule has 0 saturated heterocycles. The fourth-order valence-electron chi connectivity index (χ4n) is 1.24. The van der Waals surface area contributed by atoms with Gasteiger partial charge in [0.15, 0.2) is 6.10 Å². The van der Waals surface area contributed by atoms with Crippen molar-refractivity contribution < 1.29 is 14.6 Å². The van der Waals surface area contributed by atoms with E-state index in [0.717, 1.165) is 11.6 Å². The summed E-state index contributed by atoms with van der Waals surface area (Å²) in [6, 6.07) is 7.21. The Morgan fingerprint density at radius 2 is 2.39 bits per heavy atom. The zero-order valence-corrected chi connectivity index (χ0v) is 11.3. The summed E-state index contributed by atoms with van der Waals surface area (Å²) in [5, 5.41) is 17.3. The van der Waals surface area contributed by atoms with Gasteiger partial charge in [-0.1, -0.05) is 13.0 Å². The van der Waals surface area contributed by atoms with Gasteiger partial charge >= 0.3 is 5.97 Å². The molecule has 1 aromatic rings. The van der Waals surface area contributed by atoms with E-state index in [0.29, 0.717) is 16.6 Å². The lowest BCUT2D eigenvalue weighted by Crippen LogP contribution is -2.12. The molecule has 0 aliphatic heterocycles. The molecular weight excluding hydrogens is 298 g/mol. The number of benzene rings is 1. The molecule has 0 aromatic heterocycles. The minimum absolute atomic E-state index is 0.485. The molecule has 0 saturated carbocycles. The topological polar surface area (TPSA) is 70.3 Å². The highest BCUT2D eigenvalue weighted by Crippen LogP contribution is 2.27. The maximum absolute atomic E-state index is 10.4. The van der Waals surface area contributed by atoms with Crippen LogP contribution in [0.15, 0.2) is 28.7 Å². The molecule has 0 bridgehead atoms. The van der Waals surface area contributed by atoms with E-state index < -0.39 is 12.1 Å². The molecule has 1 unspecified atom stereocenters. The average Bonchev–Trinajstić information content (AvgIpc) is 2.35. The highest BCUT2D eigenvalue weighted by atomic mass is 79.9. The standard InChI is InChI=1S/C13H12BrNO3/c1-2-10(8-15)18-12-5-3-9(7-11(12)14)4-6-13(16)17/h3-7,10H,2H2,1H3,(H,16,17). The minimum Gasteiger partial charge on any atom is -0.478 e. The van der Waals surface area contributed by atoms with Crippen LogP contribution >= 0.6 is 15.9 Å². The van der Waals surface area contributed by atoms with E-state index in [4.69, 9.17) is 15.1 Å². The molecule has 4 nitrogen and oxygen atoms in total. The third-order valence-electron chi connectivity index (χ3n) is 2.16. The maximum Gasteiger partial charge on any atom is 0.328 e. The van der Waals surface area contributed by atoms with Crippen LogP contribution in [0, 0.1) is 11.3 Å². The zero-order chi connectivity index (χ0) is 13.5. The van der Waals surface area contributed by atoms with Crippen LogP contribution in [0.25, 0.3) is 6.08 Å². The van der Waals surface area contributed by atoms with Crippen molar-refractivity contribution in [3.05, 3.63) is 34.3 Å². The second kappa shape index (κ2) is 6.82. The van der Waals surface area contributed by atoms with Gasteiger partial charge in [0.05, 0.1) is 4.47 Å². The number of carbonyl (C=O) groups is 1. The Morgan fingerprint density at radius 1 is 1.67 bits per heavy atom. The van der Waals surface area contributed by atoms with Crippen molar-refractivity contribution in [2.75, 3.05) is 0 Å². The van der Waals surface area contributed by atoms with Crippen molar-refractivity contribution in [1.29, 1.82) is 5.26 Å². The highest BCUT2D eigenvalue weighted by molar-refractivity contribution is 9.10. The Balaban J connectivity index is 2.86. The van der Waals surface area contributed by atoms with E-state index in [-0.39, 0.29) is 0 Å². The summed E-state index contributed by atoms with van der Waals surface area (Å²) < 4.78 is 6.16. The van der Waals surface area contributed by atoms with Gasteiger partial charge in [0.1, 0.15) is 11.8 Å². The zero-order valence-electron chi connectivity index (χ0n) is 9.76. The van der Waals surface area contributed by atoms with Gasteiger partial charge in [-0.05, 0) is 46.1 Å². The largest absolute Gasteiger partial charge is 0.478 e. The Hall–Kier alpha value is -1.80. The molecule has 0 spiro atoms. The van der Waals surface area contributed by atoms with E-state index >= 15 is 0 Å². The Labute approximate surface area is 114 Å². The SMILES string of the molecule is CCC(C#N)Oc1ccc(C=CC(=O)O)cc1Br. The number of nitrogens with zero attached hydrogens (tertiary/aromatic N) is 1. The van der Waals surface area contributed by atoms with Gasteiger partial charge in [0.2, 0.25) is 0 Å². The van der Waals surface area contributed by atoms with Crippen LogP contribution in [0.4, 0.5) is 0 Å². The first-order valence-corrected chi connectivity index (χ1v) is 6.13. The maximum atomic E-state index is 10.4. The molecule has 0 aliphatic carbocycles. The Morgan fingerprint density at radius 3 is 2.89 bits per heavy atom. The molecule has 18 heavy (non-hydrogen) atoms. The molecule has 1 N–H and O–H groups in total. The van der Waals surface area contributed by atoms with Crippen LogP contribution in [0.5, 0.6) is 5.75 Å². The lowest BCUT2D eigenvalue weighted by atomic mass is 10.2. The van der Waals surface area contributed by atoms with Gasteiger partial charge in [-0.25, -0.2) is 4.79 Å². The lowest BCUT2D eigenvalue weighted by molar-refractivity contribution is -0.131. The first-order chi connectivity index (χ1) is 8.56. The number of rotatable bonds is 5. The molecule has 0 fully saturated rings. The fourth-order valence-corrected chi connectivity index (χ4v) is 1.73. The van der Waals surface area contributed by atoms with Crippen LogP contribution in [0.2, 0.25) is 0 Å². The molecule has 1 rings (SSSR count). The predicted octanol–water partition coefficient (Wildman–Crippen LogP) is 3.23. The number of nitriles is 1. The number of carboxylic acid groups (broad SMARTS) is 1. The molecule has 1 atom stereocenters. The predicted molar refractivity (Wildman–Crippen MR) is 71.1 cm³/mol. The molecule has 1 aromatic carbocycles. The summed E-state index contributed by atoms with van der Waals surface area (Å²) in [4.78, 5) is 10.4. The normalized spacial score (nSPS) is 12.1. The quantitative estimate of drug-likeness (QED) is 0.848. The number of carboxylic acids is 1. The Kier molecular flexibility index (Phi) is 5.40. The molecule has 0 radical (unpaired) electrons. The molecule has 0 amide bonds. The minimum atomic E-state index is -0.998. The van der Waals surface area contributed by atoms with Gasteiger partial charge in [0.25, 0.3) is 0 Å². The van der Waals surface area contributed by atoms with Crippen molar-refractivity contribution in [2.45, 2.75) is 19.4 Å². The fraction of sp³-hybridized carbons (Fsp3) is 0.231. The summed E-state index contributed by atoms with van der Waals surface area (Å²) in [5.41, 5.74) is 0.738. The summed E-state index contributed by atoms with van der Waals surface area (Å²) in [7, 11) is 0. The lowest BCUT2D eigenvalue weighted by Gasteiger charge is -2.12. The van der Waals surface area contributed by atoms with E-state index in [1.54, 1.807) is 18.2 Å². The number of ether oxygens (including phenoxy) is 1. The summed E-state index contributed by atoms with van der Waals surface area (Å²) >= 11 is 3.33. The van der Waals surface area contributed by atoms with E-state index in [1.807, 2.05) is 13.0 Å². The molecular formula is C13H12BrNO3. The van der Waals surface area contributed by atoms with Crippen molar-refractivity contribution >= 4 is 28.0 Å². The van der Waals surface area contributed by atoms with Crippen LogP contribution < -0.4 is 4.74 Å². The molecule has 94 valence electrons. The van der Waals surface area contributed by atoms with E-state index in [9.17, 15) is 4.79 Å². The van der Waals surface area contributed by atoms with Gasteiger partial charge < -0.3 is 9.84 Å². The first kappa shape index (κ1) is 14.3. The van der Waals surface area contributed by atoms with Crippen molar-refractivity contribution in [3.8, 4) is 11.8 Å². The smallest absolute Gasteiger partial charge is 0.328 e. The first-order valence-electron chi connectivity index (χ1n) is 5.33. The van der Waals surface area contributed by atoms with Crippen LogP contribution in [0.3, 0.4) is 0 Å². The number of halogens is 1. The summed E-state index contributed by atoms with van der Waals surface area (Å²) in [5.74, 6) is -0.433. The summed E-state index contributed by atoms with van der Waals surface area (Å²) in [6.07, 6.45) is 2.66. The molecule has 0 heterocycles. The van der Waals surface area contributed by atoms with Gasteiger partial charge in [-0.2, -0.15) is 5.26 Å². The van der Waals surface area contributed by atoms with E-state index in [2.05, 4.69) is 15.9 Å².